The summed E-state index contributed by atoms with van der Waals surface area (Å²) >= 11 is 0. The van der Waals surface area contributed by atoms with Crippen LogP contribution in [0, 0.1) is 0 Å². The molecule has 1 unspecified atom stereocenters. The molecule has 1 atom stereocenters. The van der Waals surface area contributed by atoms with Crippen molar-refractivity contribution in [3.8, 4) is 11.5 Å². The maximum Gasteiger partial charge on any atom is 0.332 e. The van der Waals surface area contributed by atoms with Crippen molar-refractivity contribution in [2.75, 3.05) is 14.2 Å². The zero-order valence-corrected chi connectivity index (χ0v) is 16.8. The minimum Gasteiger partial charge on any atom is -0.497 e. The SMILES string of the molecule is COc1ccc(C(C)NC(=O)c2ccc3c(=O)n(C)c(=O)n(C)c3n2)c(OC)c1. The number of nitrogens with one attached hydrogen (secondary N) is 1. The van der Waals surface area contributed by atoms with Crippen LogP contribution in [-0.4, -0.2) is 34.2 Å². The fourth-order valence-electron chi connectivity index (χ4n) is 3.11. The van der Waals surface area contributed by atoms with Crippen LogP contribution in [0.2, 0.25) is 0 Å². The average molecular weight is 398 g/mol. The molecule has 0 aliphatic heterocycles. The molecule has 0 saturated carbocycles. The highest BCUT2D eigenvalue weighted by atomic mass is 16.5. The number of hydrogen-bond acceptors (Lipinski definition) is 6. The first-order valence-electron chi connectivity index (χ1n) is 8.88. The Hall–Kier alpha value is -3.62. The van der Waals surface area contributed by atoms with Gasteiger partial charge in [-0.15, -0.1) is 0 Å². The normalized spacial score (nSPS) is 11.9. The smallest absolute Gasteiger partial charge is 0.332 e. The zero-order chi connectivity index (χ0) is 21.3. The number of carbonyl (C=O) groups excluding carboxylic acids is 1. The van der Waals surface area contributed by atoms with Crippen molar-refractivity contribution >= 4 is 16.9 Å². The molecule has 0 aliphatic carbocycles. The molecule has 3 aromatic rings. The third kappa shape index (κ3) is 3.58. The standard InChI is InChI=1S/C20H22N4O5/c1-11(13-7-6-12(28-4)10-16(13)29-5)21-18(25)15-9-8-14-17(22-15)23(2)20(27)24(3)19(14)26/h6-11H,1-5H3,(H,21,25). The molecule has 0 fully saturated rings. The highest BCUT2D eigenvalue weighted by Crippen LogP contribution is 2.29. The Balaban J connectivity index is 1.94. The molecule has 1 aromatic carbocycles. The fraction of sp³-hybridized carbons (Fsp3) is 0.300. The Morgan fingerprint density at radius 1 is 1.07 bits per heavy atom. The Morgan fingerprint density at radius 3 is 2.45 bits per heavy atom. The van der Waals surface area contributed by atoms with E-state index in [-0.39, 0.29) is 22.8 Å². The van der Waals surface area contributed by atoms with Gasteiger partial charge in [0.2, 0.25) is 0 Å². The molecule has 0 radical (unpaired) electrons. The van der Waals surface area contributed by atoms with Gasteiger partial charge in [0.25, 0.3) is 11.5 Å². The second kappa shape index (κ2) is 7.78. The van der Waals surface area contributed by atoms with Crippen LogP contribution >= 0.6 is 0 Å². The van der Waals surface area contributed by atoms with E-state index in [4.69, 9.17) is 9.47 Å². The Morgan fingerprint density at radius 2 is 1.79 bits per heavy atom. The molecule has 3 rings (SSSR count). The number of amides is 1. The van der Waals surface area contributed by atoms with Crippen LogP contribution in [-0.2, 0) is 14.1 Å². The third-order valence-electron chi connectivity index (χ3n) is 4.79. The van der Waals surface area contributed by atoms with Crippen LogP contribution in [0.25, 0.3) is 11.0 Å². The summed E-state index contributed by atoms with van der Waals surface area (Å²) in [5.41, 5.74) is 0.0482. The first-order chi connectivity index (χ1) is 13.8. The van der Waals surface area contributed by atoms with E-state index in [0.717, 1.165) is 10.1 Å². The molecule has 152 valence electrons. The lowest BCUT2D eigenvalue weighted by atomic mass is 10.1. The van der Waals surface area contributed by atoms with E-state index in [9.17, 15) is 14.4 Å². The number of aryl methyl sites for hydroxylation is 1. The molecule has 9 nitrogen and oxygen atoms in total. The van der Waals surface area contributed by atoms with Gasteiger partial charge in [0.1, 0.15) is 22.8 Å². The number of rotatable bonds is 5. The molecule has 29 heavy (non-hydrogen) atoms. The van der Waals surface area contributed by atoms with Crippen molar-refractivity contribution in [1.82, 2.24) is 19.4 Å². The van der Waals surface area contributed by atoms with Crippen LogP contribution in [0.5, 0.6) is 11.5 Å². The zero-order valence-electron chi connectivity index (χ0n) is 16.8. The Kier molecular flexibility index (Phi) is 5.40. The minimum atomic E-state index is -0.510. The van der Waals surface area contributed by atoms with Crippen molar-refractivity contribution in [3.63, 3.8) is 0 Å². The van der Waals surface area contributed by atoms with Crippen LogP contribution < -0.4 is 26.0 Å². The number of ether oxygens (including phenoxy) is 2. The van der Waals surface area contributed by atoms with E-state index in [0.29, 0.717) is 11.5 Å². The topological polar surface area (TPSA) is 104 Å². The predicted molar refractivity (Wildman–Crippen MR) is 108 cm³/mol. The maximum atomic E-state index is 12.7. The van der Waals surface area contributed by atoms with Gasteiger partial charge in [-0.25, -0.2) is 9.78 Å². The van der Waals surface area contributed by atoms with E-state index in [1.165, 1.54) is 30.8 Å². The van der Waals surface area contributed by atoms with Crippen LogP contribution in [0.1, 0.15) is 29.0 Å². The highest BCUT2D eigenvalue weighted by molar-refractivity contribution is 5.94. The summed E-state index contributed by atoms with van der Waals surface area (Å²) in [5.74, 6) is 0.780. The number of hydrogen-bond donors (Lipinski definition) is 1. The molecule has 2 heterocycles. The van der Waals surface area contributed by atoms with Crippen LogP contribution in [0.15, 0.2) is 39.9 Å². The molecule has 1 amide bonds. The van der Waals surface area contributed by atoms with E-state index in [1.54, 1.807) is 26.4 Å². The summed E-state index contributed by atoms with van der Waals surface area (Å²) in [6, 6.07) is 7.90. The third-order valence-corrected chi connectivity index (χ3v) is 4.79. The molecule has 0 spiro atoms. The number of nitrogens with zero attached hydrogens (tertiary/aromatic N) is 3. The number of benzene rings is 1. The second-order valence-corrected chi connectivity index (χ2v) is 6.58. The van der Waals surface area contributed by atoms with Gasteiger partial charge in [-0.3, -0.25) is 18.7 Å². The van der Waals surface area contributed by atoms with Crippen molar-refractivity contribution < 1.29 is 14.3 Å². The molecule has 2 aromatic heterocycles. The van der Waals surface area contributed by atoms with Gasteiger partial charge in [-0.1, -0.05) is 0 Å². The number of carbonyl (C=O) groups is 1. The van der Waals surface area contributed by atoms with Crippen LogP contribution in [0.3, 0.4) is 0 Å². The predicted octanol–water partition coefficient (Wildman–Crippen LogP) is 1.14. The number of methoxy groups -OCH3 is 2. The second-order valence-electron chi connectivity index (χ2n) is 6.58. The Labute approximate surface area is 166 Å². The molecule has 0 aliphatic rings. The lowest BCUT2D eigenvalue weighted by Gasteiger charge is -2.18. The summed E-state index contributed by atoms with van der Waals surface area (Å²) in [7, 11) is 6.00. The average Bonchev–Trinajstić information content (AvgIpc) is 2.74. The summed E-state index contributed by atoms with van der Waals surface area (Å²) < 4.78 is 12.8. The van der Waals surface area contributed by atoms with Gasteiger partial charge < -0.3 is 14.8 Å². The van der Waals surface area contributed by atoms with E-state index >= 15 is 0 Å². The number of aromatic nitrogens is 3. The summed E-state index contributed by atoms with van der Waals surface area (Å²) in [6.45, 7) is 1.81. The molecular weight excluding hydrogens is 376 g/mol. The summed E-state index contributed by atoms with van der Waals surface area (Å²) in [6.07, 6.45) is 0. The van der Waals surface area contributed by atoms with Crippen molar-refractivity contribution in [2.45, 2.75) is 13.0 Å². The molecule has 9 heteroatoms. The quantitative estimate of drug-likeness (QED) is 0.691. The lowest BCUT2D eigenvalue weighted by molar-refractivity contribution is 0.0934. The molecular formula is C20H22N4O5. The van der Waals surface area contributed by atoms with Gasteiger partial charge in [0.15, 0.2) is 0 Å². The Bertz CT molecular complexity index is 1210. The lowest BCUT2D eigenvalue weighted by Crippen LogP contribution is -2.37. The van der Waals surface area contributed by atoms with Gasteiger partial charge in [0, 0.05) is 25.7 Å². The number of fused-ring (bicyclic) bond motifs is 1. The van der Waals surface area contributed by atoms with Crippen molar-refractivity contribution in [1.29, 1.82) is 0 Å². The van der Waals surface area contributed by atoms with Crippen LogP contribution in [0.4, 0.5) is 0 Å². The highest BCUT2D eigenvalue weighted by Gasteiger charge is 2.18. The molecule has 1 N–H and O–H groups in total. The fourth-order valence-corrected chi connectivity index (χ4v) is 3.11. The van der Waals surface area contributed by atoms with Gasteiger partial charge in [0.05, 0.1) is 25.6 Å². The van der Waals surface area contributed by atoms with E-state index < -0.39 is 17.2 Å². The number of pyridine rings is 1. The maximum absolute atomic E-state index is 12.7. The monoisotopic (exact) mass is 398 g/mol. The molecule has 0 bridgehead atoms. The molecule has 0 saturated heterocycles. The van der Waals surface area contributed by atoms with Gasteiger partial charge >= 0.3 is 5.69 Å². The summed E-state index contributed by atoms with van der Waals surface area (Å²) in [4.78, 5) is 41.4. The first-order valence-corrected chi connectivity index (χ1v) is 8.88. The first kappa shape index (κ1) is 20.1. The van der Waals surface area contributed by atoms with Crippen molar-refractivity contribution in [3.05, 3.63) is 62.4 Å². The minimum absolute atomic E-state index is 0.0973. The van der Waals surface area contributed by atoms with E-state index in [1.807, 2.05) is 13.0 Å². The van der Waals surface area contributed by atoms with Gasteiger partial charge in [-0.2, -0.15) is 0 Å². The van der Waals surface area contributed by atoms with Gasteiger partial charge in [-0.05, 0) is 31.2 Å². The van der Waals surface area contributed by atoms with E-state index in [2.05, 4.69) is 10.3 Å². The summed E-state index contributed by atoms with van der Waals surface area (Å²) in [5, 5.41) is 3.12. The van der Waals surface area contributed by atoms with Crippen molar-refractivity contribution in [2.24, 2.45) is 14.1 Å². The largest absolute Gasteiger partial charge is 0.497 e.